The number of ether oxygens (including phenoxy) is 1. The van der Waals surface area contributed by atoms with Crippen LogP contribution in [0.25, 0.3) is 0 Å². The maximum Gasteiger partial charge on any atom is 0.573 e. The fourth-order valence-electron chi connectivity index (χ4n) is 0.858. The molecular weight excluding hydrogens is 348 g/mol. The minimum atomic E-state index is -5.10. The first-order chi connectivity index (χ1) is 7.22. The lowest BCUT2D eigenvalue weighted by Gasteiger charge is -2.09. The third kappa shape index (κ3) is 2.84. The smallest absolute Gasteiger partial charge is 0.397 e. The highest BCUT2D eigenvalue weighted by molar-refractivity contribution is 14.1. The Labute approximate surface area is 98.7 Å². The van der Waals surface area contributed by atoms with Gasteiger partial charge in [-0.2, -0.15) is 0 Å². The highest BCUT2D eigenvalue weighted by Gasteiger charge is 2.37. The molecule has 0 atom stereocenters. The normalized spacial score (nSPS) is 11.2. The summed E-state index contributed by atoms with van der Waals surface area (Å²) >= 11 is 1.38. The molecule has 0 saturated heterocycles. The minimum Gasteiger partial charge on any atom is -0.397 e. The fraction of sp³-hybridized carbons (Fsp3) is 0.167. The van der Waals surface area contributed by atoms with Crippen LogP contribution in [-0.4, -0.2) is 16.3 Å². The number of aromatic amines is 1. The summed E-state index contributed by atoms with van der Waals surface area (Å²) < 4.78 is 39.0. The monoisotopic (exact) mass is 350 g/mol. The molecule has 6 nitrogen and oxygen atoms in total. The first-order valence-electron chi connectivity index (χ1n) is 3.53. The van der Waals surface area contributed by atoms with Crippen LogP contribution in [0, 0.1) is 13.7 Å². The van der Waals surface area contributed by atoms with Crippen molar-refractivity contribution in [2.45, 2.75) is 6.36 Å². The van der Waals surface area contributed by atoms with Gasteiger partial charge in [-0.1, -0.05) is 0 Å². The molecule has 88 valence electrons. The third-order valence-corrected chi connectivity index (χ3v) is 2.18. The summed E-state index contributed by atoms with van der Waals surface area (Å²) in [6, 6.07) is 0. The van der Waals surface area contributed by atoms with E-state index in [1.165, 1.54) is 22.6 Å². The molecule has 0 aromatic carbocycles. The number of H-pyrrole nitrogens is 1. The summed E-state index contributed by atoms with van der Waals surface area (Å²) in [6.45, 7) is 0. The van der Waals surface area contributed by atoms with E-state index in [1.807, 2.05) is 4.98 Å². The van der Waals surface area contributed by atoms with Crippen molar-refractivity contribution in [1.82, 2.24) is 4.98 Å². The second-order valence-electron chi connectivity index (χ2n) is 2.45. The van der Waals surface area contributed by atoms with Crippen LogP contribution in [0.2, 0.25) is 0 Å². The van der Waals surface area contributed by atoms with Crippen molar-refractivity contribution in [3.05, 3.63) is 30.2 Å². The van der Waals surface area contributed by atoms with Crippen LogP contribution in [0.15, 0.2) is 11.0 Å². The molecule has 0 amide bonds. The molecule has 0 fully saturated rings. The van der Waals surface area contributed by atoms with Crippen LogP contribution in [-0.2, 0) is 0 Å². The van der Waals surface area contributed by atoms with Gasteiger partial charge >= 0.3 is 17.6 Å². The number of rotatable bonds is 2. The Kier molecular flexibility index (Phi) is 3.40. The van der Waals surface area contributed by atoms with E-state index >= 15 is 0 Å². The van der Waals surface area contributed by atoms with E-state index in [4.69, 9.17) is 0 Å². The number of nitrogens with zero attached hydrogens (tertiary/aromatic N) is 1. The average Bonchev–Trinajstić information content (AvgIpc) is 2.08. The summed E-state index contributed by atoms with van der Waals surface area (Å²) in [5, 5.41) is 10.4. The molecule has 0 aliphatic rings. The summed E-state index contributed by atoms with van der Waals surface area (Å²) in [5.41, 5.74) is -2.53. The van der Waals surface area contributed by atoms with Crippen LogP contribution in [0.4, 0.5) is 18.9 Å². The van der Waals surface area contributed by atoms with Gasteiger partial charge in [-0.15, -0.1) is 13.2 Å². The maximum atomic E-state index is 11.9. The topological polar surface area (TPSA) is 85.2 Å². The van der Waals surface area contributed by atoms with E-state index in [-0.39, 0.29) is 3.57 Å². The molecule has 1 rings (SSSR count). The van der Waals surface area contributed by atoms with Crippen molar-refractivity contribution in [3.8, 4) is 5.75 Å². The fourth-order valence-corrected chi connectivity index (χ4v) is 1.38. The number of hydrogen-bond donors (Lipinski definition) is 1. The molecule has 0 spiro atoms. The van der Waals surface area contributed by atoms with Gasteiger partial charge in [-0.05, 0) is 22.6 Å². The maximum absolute atomic E-state index is 11.9. The zero-order chi connectivity index (χ0) is 12.5. The van der Waals surface area contributed by atoms with Crippen molar-refractivity contribution >= 4 is 28.3 Å². The van der Waals surface area contributed by atoms with Gasteiger partial charge in [0.05, 0.1) is 8.49 Å². The largest absolute Gasteiger partial charge is 0.573 e. The molecule has 0 unspecified atom stereocenters. The molecular formula is C6H2F3IN2O4. The Bertz CT molecular complexity index is 484. The zero-order valence-electron chi connectivity index (χ0n) is 7.17. The van der Waals surface area contributed by atoms with Gasteiger partial charge in [0.15, 0.2) is 0 Å². The van der Waals surface area contributed by atoms with Crippen LogP contribution in [0.5, 0.6) is 5.75 Å². The lowest BCUT2D eigenvalue weighted by molar-refractivity contribution is -0.390. The van der Waals surface area contributed by atoms with E-state index in [0.29, 0.717) is 0 Å². The Morgan fingerprint density at radius 3 is 2.50 bits per heavy atom. The van der Waals surface area contributed by atoms with Crippen molar-refractivity contribution in [2.24, 2.45) is 0 Å². The zero-order valence-corrected chi connectivity index (χ0v) is 9.33. The Hall–Kier alpha value is -1.33. The summed E-state index contributed by atoms with van der Waals surface area (Å²) in [7, 11) is 0. The first kappa shape index (κ1) is 12.7. The standard InChI is InChI=1S/C6H2F3IN2O4/c7-6(8,9)16-4-2(10)1-11-5(13)3(4)12(14)15/h1H,(H,11,13). The summed E-state index contributed by atoms with van der Waals surface area (Å²) in [5.74, 6) is -1.11. The molecule has 1 heterocycles. The molecule has 0 radical (unpaired) electrons. The number of halogens is 4. The van der Waals surface area contributed by atoms with Gasteiger partial charge in [0, 0.05) is 6.20 Å². The van der Waals surface area contributed by atoms with E-state index in [0.717, 1.165) is 6.20 Å². The van der Waals surface area contributed by atoms with Crippen molar-refractivity contribution < 1.29 is 22.8 Å². The number of hydrogen-bond acceptors (Lipinski definition) is 4. The summed E-state index contributed by atoms with van der Waals surface area (Å²) in [6.07, 6.45) is -4.21. The third-order valence-electron chi connectivity index (χ3n) is 1.38. The van der Waals surface area contributed by atoms with Gasteiger partial charge in [-0.25, -0.2) is 0 Å². The number of nitro groups is 1. The highest BCUT2D eigenvalue weighted by atomic mass is 127. The Morgan fingerprint density at radius 1 is 1.50 bits per heavy atom. The molecule has 10 heteroatoms. The van der Waals surface area contributed by atoms with E-state index in [1.54, 1.807) is 0 Å². The molecule has 0 saturated carbocycles. The van der Waals surface area contributed by atoms with Gasteiger partial charge in [-0.3, -0.25) is 14.9 Å². The van der Waals surface area contributed by atoms with Gasteiger partial charge in [0.2, 0.25) is 5.75 Å². The Morgan fingerprint density at radius 2 is 2.06 bits per heavy atom. The van der Waals surface area contributed by atoms with Crippen molar-refractivity contribution in [2.75, 3.05) is 0 Å². The quantitative estimate of drug-likeness (QED) is 0.501. The predicted molar refractivity (Wildman–Crippen MR) is 53.1 cm³/mol. The molecule has 0 aliphatic heterocycles. The molecule has 16 heavy (non-hydrogen) atoms. The molecule has 1 aromatic rings. The minimum absolute atomic E-state index is 0.221. The average molecular weight is 350 g/mol. The van der Waals surface area contributed by atoms with Crippen LogP contribution in [0.1, 0.15) is 0 Å². The SMILES string of the molecule is O=c1[nH]cc(I)c(OC(F)(F)F)c1[N+](=O)[O-]. The number of alkyl halides is 3. The predicted octanol–water partition coefficient (Wildman–Crippen LogP) is 1.79. The van der Waals surface area contributed by atoms with Crippen LogP contribution >= 0.6 is 22.6 Å². The molecule has 0 aliphatic carbocycles. The highest BCUT2D eigenvalue weighted by Crippen LogP contribution is 2.32. The Balaban J connectivity index is 3.41. The van der Waals surface area contributed by atoms with Crippen molar-refractivity contribution in [3.63, 3.8) is 0 Å². The van der Waals surface area contributed by atoms with Crippen molar-refractivity contribution in [1.29, 1.82) is 0 Å². The first-order valence-corrected chi connectivity index (χ1v) is 4.61. The molecule has 1 aromatic heterocycles. The lowest BCUT2D eigenvalue weighted by Crippen LogP contribution is -2.22. The molecule has 1 N–H and O–H groups in total. The second kappa shape index (κ2) is 4.27. The van der Waals surface area contributed by atoms with Crippen LogP contribution < -0.4 is 10.3 Å². The second-order valence-corrected chi connectivity index (χ2v) is 3.61. The van der Waals surface area contributed by atoms with Crippen LogP contribution in [0.3, 0.4) is 0 Å². The van der Waals surface area contributed by atoms with Gasteiger partial charge < -0.3 is 9.72 Å². The van der Waals surface area contributed by atoms with Gasteiger partial charge in [0.25, 0.3) is 0 Å². The number of aromatic nitrogens is 1. The number of pyridine rings is 1. The van der Waals surface area contributed by atoms with E-state index in [2.05, 4.69) is 4.74 Å². The van der Waals surface area contributed by atoms with E-state index < -0.39 is 28.3 Å². The van der Waals surface area contributed by atoms with Gasteiger partial charge in [0.1, 0.15) is 0 Å². The summed E-state index contributed by atoms with van der Waals surface area (Å²) in [4.78, 5) is 22.1. The van der Waals surface area contributed by atoms with E-state index in [9.17, 15) is 28.1 Å². The lowest BCUT2D eigenvalue weighted by atomic mass is 10.4. The molecule has 0 bridgehead atoms. The number of nitrogens with one attached hydrogen (secondary N) is 1.